The number of rotatable bonds is 5. The van der Waals surface area contributed by atoms with Gasteiger partial charge in [0.15, 0.2) is 0 Å². The molecule has 3 aliphatic rings. The molecule has 3 atom stereocenters. The van der Waals surface area contributed by atoms with E-state index >= 15 is 0 Å². The second kappa shape index (κ2) is 9.62. The molecule has 32 heavy (non-hydrogen) atoms. The van der Waals surface area contributed by atoms with Crippen molar-refractivity contribution in [1.82, 2.24) is 9.88 Å². The Labute approximate surface area is 191 Å². The number of carbonyl (C=O) groups is 1. The SMILES string of the molecule is O=C([C@@H]1CCC([C@H](CO)c2ccccc2)C1)N1CCC(c2ccc3c(n2)NCCC3)CC1. The van der Waals surface area contributed by atoms with Crippen LogP contribution in [0.2, 0.25) is 0 Å². The quantitative estimate of drug-likeness (QED) is 0.736. The van der Waals surface area contributed by atoms with Gasteiger partial charge in [0.2, 0.25) is 5.91 Å². The molecular formula is C27H35N3O2. The minimum absolute atomic E-state index is 0.111. The second-order valence-corrected chi connectivity index (χ2v) is 9.84. The molecule has 2 fully saturated rings. The molecule has 1 amide bonds. The zero-order valence-corrected chi connectivity index (χ0v) is 18.9. The third-order valence-corrected chi connectivity index (χ3v) is 7.96. The second-order valence-electron chi connectivity index (χ2n) is 9.84. The molecule has 170 valence electrons. The number of pyridine rings is 1. The maximum absolute atomic E-state index is 13.3. The summed E-state index contributed by atoms with van der Waals surface area (Å²) in [7, 11) is 0. The Morgan fingerprint density at radius 2 is 1.91 bits per heavy atom. The molecule has 1 saturated carbocycles. The zero-order valence-electron chi connectivity index (χ0n) is 18.9. The van der Waals surface area contributed by atoms with E-state index in [1.165, 1.54) is 23.2 Å². The monoisotopic (exact) mass is 433 g/mol. The number of fused-ring (bicyclic) bond motifs is 1. The summed E-state index contributed by atoms with van der Waals surface area (Å²) < 4.78 is 0. The number of benzene rings is 1. The Bertz CT molecular complexity index is 924. The number of carbonyl (C=O) groups excluding carboxylic acids is 1. The van der Waals surface area contributed by atoms with Crippen LogP contribution >= 0.6 is 0 Å². The van der Waals surface area contributed by atoms with E-state index in [2.05, 4.69) is 34.5 Å². The highest BCUT2D eigenvalue weighted by atomic mass is 16.3. The van der Waals surface area contributed by atoms with E-state index in [0.29, 0.717) is 17.7 Å². The number of nitrogens with zero attached hydrogens (tertiary/aromatic N) is 2. The van der Waals surface area contributed by atoms with Crippen molar-refractivity contribution in [3.63, 3.8) is 0 Å². The van der Waals surface area contributed by atoms with E-state index < -0.39 is 0 Å². The largest absolute Gasteiger partial charge is 0.396 e. The third-order valence-electron chi connectivity index (χ3n) is 7.96. The van der Waals surface area contributed by atoms with Gasteiger partial charge in [-0.3, -0.25) is 4.79 Å². The Balaban J connectivity index is 1.16. The van der Waals surface area contributed by atoms with Crippen LogP contribution < -0.4 is 5.32 Å². The summed E-state index contributed by atoms with van der Waals surface area (Å²) in [5, 5.41) is 13.5. The van der Waals surface area contributed by atoms with Gasteiger partial charge in [-0.15, -0.1) is 0 Å². The van der Waals surface area contributed by atoms with E-state index in [1.54, 1.807) is 0 Å². The highest BCUT2D eigenvalue weighted by Gasteiger charge is 2.37. The molecule has 0 bridgehead atoms. The number of likely N-dealkylation sites (tertiary alicyclic amines) is 1. The molecule has 1 aromatic heterocycles. The highest BCUT2D eigenvalue weighted by Crippen LogP contribution is 2.41. The summed E-state index contributed by atoms with van der Waals surface area (Å²) in [6.45, 7) is 2.84. The Kier molecular flexibility index (Phi) is 6.44. The first kappa shape index (κ1) is 21.4. The fraction of sp³-hybridized carbons (Fsp3) is 0.556. The van der Waals surface area contributed by atoms with Crippen LogP contribution in [0.5, 0.6) is 0 Å². The lowest BCUT2D eigenvalue weighted by Gasteiger charge is -2.34. The number of amides is 1. The predicted molar refractivity (Wildman–Crippen MR) is 127 cm³/mol. The number of aliphatic hydroxyl groups is 1. The molecule has 5 heteroatoms. The third kappa shape index (κ3) is 4.40. The van der Waals surface area contributed by atoms with Crippen LogP contribution in [0.1, 0.15) is 67.2 Å². The maximum atomic E-state index is 13.3. The Morgan fingerprint density at radius 1 is 1.09 bits per heavy atom. The van der Waals surface area contributed by atoms with Gasteiger partial charge >= 0.3 is 0 Å². The normalized spacial score (nSPS) is 24.6. The van der Waals surface area contributed by atoms with Gasteiger partial charge in [-0.1, -0.05) is 36.4 Å². The molecule has 1 saturated heterocycles. The fourth-order valence-electron chi connectivity index (χ4n) is 6.06. The van der Waals surface area contributed by atoms with E-state index in [-0.39, 0.29) is 18.4 Å². The molecule has 0 spiro atoms. The van der Waals surface area contributed by atoms with Crippen molar-refractivity contribution in [3.05, 3.63) is 59.3 Å². The van der Waals surface area contributed by atoms with Crippen LogP contribution in [-0.2, 0) is 11.2 Å². The summed E-state index contributed by atoms with van der Waals surface area (Å²) in [5.41, 5.74) is 3.71. The predicted octanol–water partition coefficient (Wildman–Crippen LogP) is 4.34. The summed E-state index contributed by atoms with van der Waals surface area (Å²) >= 11 is 0. The van der Waals surface area contributed by atoms with Gasteiger partial charge in [-0.05, 0) is 68.1 Å². The number of hydrogen-bond acceptors (Lipinski definition) is 4. The fourth-order valence-corrected chi connectivity index (χ4v) is 6.06. The molecule has 5 nitrogen and oxygen atoms in total. The number of hydrogen-bond donors (Lipinski definition) is 2. The number of nitrogens with one attached hydrogen (secondary N) is 1. The summed E-state index contributed by atoms with van der Waals surface area (Å²) in [5.74, 6) is 2.49. The first-order valence-electron chi connectivity index (χ1n) is 12.4. The zero-order chi connectivity index (χ0) is 21.9. The minimum Gasteiger partial charge on any atom is -0.396 e. The summed E-state index contributed by atoms with van der Waals surface area (Å²) in [6.07, 6.45) is 7.17. The van der Waals surface area contributed by atoms with Crippen molar-refractivity contribution in [1.29, 1.82) is 0 Å². The first-order chi connectivity index (χ1) is 15.7. The minimum atomic E-state index is 0.111. The lowest BCUT2D eigenvalue weighted by molar-refractivity contribution is -0.136. The average Bonchev–Trinajstić information content (AvgIpc) is 3.34. The van der Waals surface area contributed by atoms with E-state index in [9.17, 15) is 9.90 Å². The average molecular weight is 434 g/mol. The molecule has 2 aromatic rings. The molecular weight excluding hydrogens is 398 g/mol. The molecule has 5 rings (SSSR count). The van der Waals surface area contributed by atoms with Gasteiger partial charge in [0.05, 0.1) is 6.61 Å². The van der Waals surface area contributed by atoms with Crippen LogP contribution in [0.3, 0.4) is 0 Å². The lowest BCUT2D eigenvalue weighted by atomic mass is 9.84. The Hall–Kier alpha value is -2.40. The van der Waals surface area contributed by atoms with E-state index in [1.807, 2.05) is 18.2 Å². The number of piperidine rings is 1. The highest BCUT2D eigenvalue weighted by molar-refractivity contribution is 5.79. The van der Waals surface area contributed by atoms with E-state index in [4.69, 9.17) is 4.98 Å². The Morgan fingerprint density at radius 3 is 2.69 bits per heavy atom. The smallest absolute Gasteiger partial charge is 0.225 e. The number of aromatic nitrogens is 1. The molecule has 0 radical (unpaired) electrons. The van der Waals surface area contributed by atoms with E-state index in [0.717, 1.165) is 64.0 Å². The number of anilines is 1. The van der Waals surface area contributed by atoms with Gasteiger partial charge in [0, 0.05) is 43.1 Å². The van der Waals surface area contributed by atoms with Crippen LogP contribution in [0, 0.1) is 11.8 Å². The van der Waals surface area contributed by atoms with Gasteiger partial charge in [-0.25, -0.2) is 4.98 Å². The van der Waals surface area contributed by atoms with Crippen molar-refractivity contribution in [2.75, 3.05) is 31.6 Å². The first-order valence-corrected chi connectivity index (χ1v) is 12.4. The number of aryl methyl sites for hydroxylation is 1. The molecule has 1 unspecified atom stereocenters. The van der Waals surface area contributed by atoms with Crippen molar-refractivity contribution in [3.8, 4) is 0 Å². The van der Waals surface area contributed by atoms with Gasteiger partial charge in [-0.2, -0.15) is 0 Å². The molecule has 3 heterocycles. The van der Waals surface area contributed by atoms with Crippen molar-refractivity contribution < 1.29 is 9.90 Å². The van der Waals surface area contributed by atoms with Crippen LogP contribution in [0.15, 0.2) is 42.5 Å². The van der Waals surface area contributed by atoms with Crippen molar-refractivity contribution in [2.45, 2.75) is 56.8 Å². The molecule has 1 aromatic carbocycles. The van der Waals surface area contributed by atoms with Crippen LogP contribution in [-0.4, -0.2) is 47.1 Å². The van der Waals surface area contributed by atoms with Gasteiger partial charge in [0.25, 0.3) is 0 Å². The summed E-state index contributed by atoms with van der Waals surface area (Å²) in [4.78, 5) is 20.3. The molecule has 2 aliphatic heterocycles. The molecule has 1 aliphatic carbocycles. The van der Waals surface area contributed by atoms with Crippen molar-refractivity contribution in [2.24, 2.45) is 11.8 Å². The van der Waals surface area contributed by atoms with Crippen molar-refractivity contribution >= 4 is 11.7 Å². The standard InChI is InChI=1S/C27H35N3O2/c31-18-24(19-5-2-1-3-6-19)22-8-9-23(17-22)27(32)30-15-12-20(13-16-30)25-11-10-21-7-4-14-28-26(21)29-25/h1-3,5-6,10-11,20,22-24,31H,4,7-9,12-18H2,(H,28,29)/t22?,23-,24-/m1/s1. The van der Waals surface area contributed by atoms with Crippen LogP contribution in [0.4, 0.5) is 5.82 Å². The lowest BCUT2D eigenvalue weighted by Crippen LogP contribution is -2.41. The van der Waals surface area contributed by atoms with Crippen LogP contribution in [0.25, 0.3) is 0 Å². The molecule has 2 N–H and O–H groups in total. The van der Waals surface area contributed by atoms with Gasteiger partial charge < -0.3 is 15.3 Å². The topological polar surface area (TPSA) is 65.5 Å². The summed E-state index contributed by atoms with van der Waals surface area (Å²) in [6, 6.07) is 14.7. The maximum Gasteiger partial charge on any atom is 0.225 e. The number of aliphatic hydroxyl groups excluding tert-OH is 1. The van der Waals surface area contributed by atoms with Gasteiger partial charge in [0.1, 0.15) is 5.82 Å².